The van der Waals surface area contributed by atoms with Crippen LogP contribution in [0.25, 0.3) is 0 Å². The van der Waals surface area contributed by atoms with Crippen molar-refractivity contribution in [2.45, 2.75) is 67.7 Å². The van der Waals surface area contributed by atoms with E-state index in [0.717, 1.165) is 41.7 Å². The van der Waals surface area contributed by atoms with Crippen molar-refractivity contribution in [1.82, 2.24) is 0 Å². The molecule has 0 bridgehead atoms. The fourth-order valence-corrected chi connectivity index (χ4v) is 2.12. The third-order valence-corrected chi connectivity index (χ3v) is 3.78. The van der Waals surface area contributed by atoms with Crippen molar-refractivity contribution in [3.63, 3.8) is 0 Å². The van der Waals surface area contributed by atoms with Gasteiger partial charge in [-0.1, -0.05) is 45.4 Å². The standard InChI is InChI=1S/C11H14O2.C9H16O.C2H6/c1-4-9-10(8(2)12)6-5-7-11(9)13-3;1-7(2)5-6-8(3)9(4)10;1-2/h5-7H,4H2,1-3H3;8H,1,5-6H2,2-4H3;1-2H3. The summed E-state index contributed by atoms with van der Waals surface area (Å²) in [6, 6.07) is 5.56. The van der Waals surface area contributed by atoms with Gasteiger partial charge in [-0.15, -0.1) is 6.58 Å². The van der Waals surface area contributed by atoms with Crippen molar-refractivity contribution in [3.05, 3.63) is 41.5 Å². The van der Waals surface area contributed by atoms with Crippen LogP contribution < -0.4 is 4.74 Å². The highest BCUT2D eigenvalue weighted by Crippen LogP contribution is 2.22. The SMILES string of the molecule is C=C(C)CCC(C)C(C)=O.CC.CCc1c(OC)cccc1C(C)=O. The molecule has 1 rings (SSSR count). The fraction of sp³-hybridized carbons (Fsp3) is 0.545. The first-order valence-corrected chi connectivity index (χ1v) is 9.06. The zero-order valence-corrected chi connectivity index (χ0v) is 17.4. The van der Waals surface area contributed by atoms with E-state index in [-0.39, 0.29) is 17.5 Å². The van der Waals surface area contributed by atoms with Crippen molar-refractivity contribution in [3.8, 4) is 5.75 Å². The number of benzene rings is 1. The fourth-order valence-electron chi connectivity index (χ4n) is 2.12. The van der Waals surface area contributed by atoms with Crippen molar-refractivity contribution in [2.24, 2.45) is 5.92 Å². The van der Waals surface area contributed by atoms with Crippen LogP contribution >= 0.6 is 0 Å². The highest BCUT2D eigenvalue weighted by atomic mass is 16.5. The van der Waals surface area contributed by atoms with Gasteiger partial charge in [0.2, 0.25) is 0 Å². The van der Waals surface area contributed by atoms with Crippen molar-refractivity contribution in [2.75, 3.05) is 7.11 Å². The predicted octanol–water partition coefficient (Wildman–Crippen LogP) is 6.05. The summed E-state index contributed by atoms with van der Waals surface area (Å²) in [5.41, 5.74) is 2.92. The Hall–Kier alpha value is -1.90. The monoisotopic (exact) mass is 348 g/mol. The molecule has 25 heavy (non-hydrogen) atoms. The lowest BCUT2D eigenvalue weighted by Gasteiger charge is -2.09. The Morgan fingerprint density at radius 1 is 1.16 bits per heavy atom. The first-order valence-electron chi connectivity index (χ1n) is 9.06. The third kappa shape index (κ3) is 10.5. The van der Waals surface area contributed by atoms with Crippen LogP contribution in [0.2, 0.25) is 0 Å². The van der Waals surface area contributed by atoms with Gasteiger partial charge in [-0.2, -0.15) is 0 Å². The van der Waals surface area contributed by atoms with Gasteiger partial charge in [0.15, 0.2) is 5.78 Å². The summed E-state index contributed by atoms with van der Waals surface area (Å²) in [5, 5.41) is 0. The highest BCUT2D eigenvalue weighted by molar-refractivity contribution is 5.96. The molecule has 0 aromatic heterocycles. The average molecular weight is 349 g/mol. The maximum Gasteiger partial charge on any atom is 0.160 e. The summed E-state index contributed by atoms with van der Waals surface area (Å²) in [4.78, 5) is 22.0. The molecule has 0 aliphatic rings. The smallest absolute Gasteiger partial charge is 0.160 e. The predicted molar refractivity (Wildman–Crippen MR) is 108 cm³/mol. The van der Waals surface area contributed by atoms with E-state index in [1.54, 1.807) is 21.0 Å². The first-order chi connectivity index (χ1) is 11.7. The van der Waals surface area contributed by atoms with Gasteiger partial charge in [-0.05, 0) is 46.1 Å². The van der Waals surface area contributed by atoms with Crippen molar-refractivity contribution in [1.29, 1.82) is 0 Å². The Bertz CT molecular complexity index is 544. The van der Waals surface area contributed by atoms with Crippen LogP contribution in [0.4, 0.5) is 0 Å². The summed E-state index contributed by atoms with van der Waals surface area (Å²) in [7, 11) is 1.62. The molecule has 0 radical (unpaired) electrons. The second-order valence-electron chi connectivity index (χ2n) is 5.90. The Labute approximate surface area is 154 Å². The molecule has 0 N–H and O–H groups in total. The first kappa shape index (κ1) is 25.3. The summed E-state index contributed by atoms with van der Waals surface area (Å²) >= 11 is 0. The number of hydrogen-bond donors (Lipinski definition) is 0. The lowest BCUT2D eigenvalue weighted by molar-refractivity contribution is -0.120. The molecule has 1 unspecified atom stereocenters. The number of methoxy groups -OCH3 is 1. The number of rotatable bonds is 7. The maximum absolute atomic E-state index is 11.2. The van der Waals surface area contributed by atoms with Crippen LogP contribution in [0.5, 0.6) is 5.75 Å². The van der Waals surface area contributed by atoms with Crippen LogP contribution in [-0.2, 0) is 11.2 Å². The molecule has 0 heterocycles. The van der Waals surface area contributed by atoms with Crippen LogP contribution in [0.1, 0.15) is 77.2 Å². The van der Waals surface area contributed by atoms with Gasteiger partial charge < -0.3 is 4.74 Å². The van der Waals surface area contributed by atoms with E-state index in [9.17, 15) is 9.59 Å². The Morgan fingerprint density at radius 3 is 2.08 bits per heavy atom. The zero-order chi connectivity index (χ0) is 20.0. The van der Waals surface area contributed by atoms with E-state index in [2.05, 4.69) is 6.58 Å². The summed E-state index contributed by atoms with van der Waals surface area (Å²) < 4.78 is 5.17. The van der Waals surface area contributed by atoms with E-state index < -0.39 is 0 Å². The summed E-state index contributed by atoms with van der Waals surface area (Å²) in [5.74, 6) is 1.38. The molecular weight excluding hydrogens is 312 g/mol. The van der Waals surface area contributed by atoms with E-state index in [0.29, 0.717) is 0 Å². The van der Waals surface area contributed by atoms with Gasteiger partial charge in [0, 0.05) is 17.0 Å². The number of carbonyl (C=O) groups excluding carboxylic acids is 2. The number of ketones is 2. The molecular formula is C22H36O3. The molecule has 0 amide bonds. The zero-order valence-electron chi connectivity index (χ0n) is 17.4. The molecule has 142 valence electrons. The van der Waals surface area contributed by atoms with Gasteiger partial charge in [0.05, 0.1) is 7.11 Å². The summed E-state index contributed by atoms with van der Waals surface area (Å²) in [6.07, 6.45) is 2.74. The number of ether oxygens (including phenoxy) is 1. The normalized spacial score (nSPS) is 10.4. The van der Waals surface area contributed by atoms with Crippen LogP contribution in [0, 0.1) is 5.92 Å². The Balaban J connectivity index is 0. The minimum Gasteiger partial charge on any atom is -0.496 e. The number of Topliss-reactive ketones (excluding diaryl/α,β-unsaturated/α-hetero) is 2. The second kappa shape index (κ2) is 14.4. The van der Waals surface area contributed by atoms with E-state index in [1.807, 2.05) is 52.8 Å². The molecule has 0 saturated heterocycles. The van der Waals surface area contributed by atoms with E-state index in [1.165, 1.54) is 0 Å². The van der Waals surface area contributed by atoms with Gasteiger partial charge >= 0.3 is 0 Å². The van der Waals surface area contributed by atoms with Gasteiger partial charge in [0.25, 0.3) is 0 Å². The molecule has 0 saturated carbocycles. The molecule has 1 aromatic carbocycles. The van der Waals surface area contributed by atoms with Gasteiger partial charge in [-0.3, -0.25) is 9.59 Å². The Morgan fingerprint density at radius 2 is 1.72 bits per heavy atom. The molecule has 3 nitrogen and oxygen atoms in total. The van der Waals surface area contributed by atoms with Gasteiger partial charge in [0.1, 0.15) is 11.5 Å². The number of hydrogen-bond acceptors (Lipinski definition) is 3. The Kier molecular flexibility index (Phi) is 14.6. The molecule has 0 spiro atoms. The molecule has 3 heteroatoms. The highest BCUT2D eigenvalue weighted by Gasteiger charge is 2.09. The van der Waals surface area contributed by atoms with Crippen molar-refractivity contribution < 1.29 is 14.3 Å². The topological polar surface area (TPSA) is 43.4 Å². The lowest BCUT2D eigenvalue weighted by atomic mass is 9.99. The lowest BCUT2D eigenvalue weighted by Crippen LogP contribution is -2.05. The summed E-state index contributed by atoms with van der Waals surface area (Å²) in [6.45, 7) is 17.0. The largest absolute Gasteiger partial charge is 0.496 e. The van der Waals surface area contributed by atoms with E-state index >= 15 is 0 Å². The minimum absolute atomic E-state index is 0.0933. The molecule has 0 aliphatic heterocycles. The van der Waals surface area contributed by atoms with Crippen LogP contribution in [0.15, 0.2) is 30.4 Å². The third-order valence-electron chi connectivity index (χ3n) is 3.78. The maximum atomic E-state index is 11.2. The number of carbonyl (C=O) groups is 2. The molecule has 0 aliphatic carbocycles. The second-order valence-corrected chi connectivity index (χ2v) is 5.90. The van der Waals surface area contributed by atoms with Crippen molar-refractivity contribution >= 4 is 11.6 Å². The quantitative estimate of drug-likeness (QED) is 0.445. The minimum atomic E-state index is 0.0933. The molecule has 1 aromatic rings. The molecule has 1 atom stereocenters. The van der Waals surface area contributed by atoms with Crippen LogP contribution in [0.3, 0.4) is 0 Å². The molecule has 0 fully saturated rings. The average Bonchev–Trinajstić information content (AvgIpc) is 2.60. The van der Waals surface area contributed by atoms with Crippen LogP contribution in [-0.4, -0.2) is 18.7 Å². The van der Waals surface area contributed by atoms with E-state index in [4.69, 9.17) is 4.74 Å². The van der Waals surface area contributed by atoms with Gasteiger partial charge in [-0.25, -0.2) is 0 Å². The number of allylic oxidation sites excluding steroid dienone is 1.